The molecule has 1 unspecified atom stereocenters. The van der Waals surface area contributed by atoms with Crippen molar-refractivity contribution in [2.75, 3.05) is 28.6 Å². The molecule has 3 heterocycles. The predicted octanol–water partition coefficient (Wildman–Crippen LogP) is 4.60. The largest absolute Gasteiger partial charge is 0.546 e. The highest BCUT2D eigenvalue weighted by Gasteiger charge is 2.16. The van der Waals surface area contributed by atoms with Gasteiger partial charge in [-0.25, -0.2) is 9.97 Å². The van der Waals surface area contributed by atoms with Crippen LogP contribution in [-0.2, 0) is 13.1 Å². The molecule has 0 amide bonds. The van der Waals surface area contributed by atoms with Gasteiger partial charge in [-0.15, -0.1) is 0 Å². The van der Waals surface area contributed by atoms with Crippen LogP contribution in [0.5, 0.6) is 0 Å². The summed E-state index contributed by atoms with van der Waals surface area (Å²) in [6.45, 7) is 2.65. The number of anilines is 3. The van der Waals surface area contributed by atoms with E-state index < -0.39 is 11.1 Å². The molecule has 5 rings (SSSR count). The van der Waals surface area contributed by atoms with E-state index in [2.05, 4.69) is 51.4 Å². The SMILES string of the molecule is [O-][s+]1nc(NCCCN(Cc2ccccc2)c2ccccn2)c(NCc2nc3ccccc3[nH]2)n1. The number of nitrogens with zero attached hydrogens (tertiary/aromatic N) is 5. The molecule has 0 saturated heterocycles. The first kappa shape index (κ1) is 22.8. The van der Waals surface area contributed by atoms with E-state index in [0.717, 1.165) is 42.2 Å². The summed E-state index contributed by atoms with van der Waals surface area (Å²) in [7, 11) is 0. The van der Waals surface area contributed by atoms with Crippen LogP contribution in [0.15, 0.2) is 79.0 Å². The van der Waals surface area contributed by atoms with Gasteiger partial charge >= 0.3 is 0 Å². The van der Waals surface area contributed by atoms with Crippen molar-refractivity contribution in [1.29, 1.82) is 0 Å². The molecule has 5 aromatic rings. The van der Waals surface area contributed by atoms with Gasteiger partial charge in [0.1, 0.15) is 11.6 Å². The first-order chi connectivity index (χ1) is 17.2. The van der Waals surface area contributed by atoms with Gasteiger partial charge in [0.05, 0.1) is 17.6 Å². The van der Waals surface area contributed by atoms with Crippen molar-refractivity contribution in [2.45, 2.75) is 19.5 Å². The van der Waals surface area contributed by atoms with E-state index in [1.165, 1.54) is 5.56 Å². The molecule has 0 aliphatic carbocycles. The standard InChI is InChI=1S/C25H26N8OS/c34-35-31-24(25(32-35)28-17-22-29-20-11-4-5-12-21(20)30-22)27-15-8-16-33(23-13-6-7-14-26-23)18-19-9-2-1-3-10-19/h1-7,9-14H,8,15-18H2,(H,27,31)(H,28,32)(H,29,30). The minimum Gasteiger partial charge on any atom is -0.546 e. The highest BCUT2D eigenvalue weighted by molar-refractivity contribution is 7.14. The number of imidazole rings is 1. The predicted molar refractivity (Wildman–Crippen MR) is 139 cm³/mol. The molecule has 0 aliphatic heterocycles. The average molecular weight is 487 g/mol. The molecule has 0 fully saturated rings. The summed E-state index contributed by atoms with van der Waals surface area (Å²) in [5.41, 5.74) is 3.10. The molecule has 3 N–H and O–H groups in total. The van der Waals surface area contributed by atoms with Crippen molar-refractivity contribution in [2.24, 2.45) is 0 Å². The van der Waals surface area contributed by atoms with Gasteiger partial charge in [0.15, 0.2) is 11.1 Å². The van der Waals surface area contributed by atoms with Crippen LogP contribution in [0, 0.1) is 0 Å². The molecule has 0 bridgehead atoms. The molecule has 2 aromatic carbocycles. The van der Waals surface area contributed by atoms with Gasteiger partial charge in [0.2, 0.25) is 11.6 Å². The van der Waals surface area contributed by atoms with E-state index in [0.29, 0.717) is 24.7 Å². The zero-order chi connectivity index (χ0) is 23.9. The summed E-state index contributed by atoms with van der Waals surface area (Å²) in [5.74, 6) is 2.70. The molecular weight excluding hydrogens is 460 g/mol. The van der Waals surface area contributed by atoms with Crippen molar-refractivity contribution in [3.63, 3.8) is 0 Å². The van der Waals surface area contributed by atoms with Gasteiger partial charge < -0.3 is 25.1 Å². The van der Waals surface area contributed by atoms with Crippen LogP contribution in [0.2, 0.25) is 0 Å². The maximum atomic E-state index is 12.0. The highest BCUT2D eigenvalue weighted by Crippen LogP contribution is 2.23. The number of pyridine rings is 1. The third kappa shape index (κ3) is 5.92. The van der Waals surface area contributed by atoms with Gasteiger partial charge in [0.25, 0.3) is 0 Å². The number of hydrogen-bond acceptors (Lipinski definition) is 8. The number of nitrogens with one attached hydrogen (secondary N) is 3. The minimum atomic E-state index is -1.63. The topological polar surface area (TPSA) is 118 Å². The van der Waals surface area contributed by atoms with Crippen molar-refractivity contribution >= 4 is 39.6 Å². The van der Waals surface area contributed by atoms with E-state index in [4.69, 9.17) is 0 Å². The zero-order valence-corrected chi connectivity index (χ0v) is 19.9. The first-order valence-corrected chi connectivity index (χ1v) is 12.5. The first-order valence-electron chi connectivity index (χ1n) is 11.5. The van der Waals surface area contributed by atoms with Crippen LogP contribution in [-0.4, -0.2) is 41.3 Å². The maximum absolute atomic E-state index is 12.0. The van der Waals surface area contributed by atoms with E-state index >= 15 is 0 Å². The molecule has 10 heteroatoms. The summed E-state index contributed by atoms with van der Waals surface area (Å²) in [6.07, 6.45) is 2.65. The Kier molecular flexibility index (Phi) is 7.11. The van der Waals surface area contributed by atoms with Crippen LogP contribution >= 0.6 is 11.1 Å². The lowest BCUT2D eigenvalue weighted by molar-refractivity contribution is 0.585. The van der Waals surface area contributed by atoms with E-state index in [1.807, 2.05) is 66.9 Å². The molecule has 1 atom stereocenters. The van der Waals surface area contributed by atoms with Crippen molar-refractivity contribution in [1.82, 2.24) is 23.7 Å². The number of hydrogen-bond donors (Lipinski definition) is 3. The van der Waals surface area contributed by atoms with Crippen LogP contribution < -0.4 is 15.5 Å². The van der Waals surface area contributed by atoms with Gasteiger partial charge in [-0.2, -0.15) is 0 Å². The van der Waals surface area contributed by atoms with E-state index in [9.17, 15) is 4.55 Å². The molecule has 0 saturated carbocycles. The quantitative estimate of drug-likeness (QED) is 0.183. The number of para-hydroxylation sites is 2. The Labute approximate surface area is 206 Å². The number of H-pyrrole nitrogens is 1. The lowest BCUT2D eigenvalue weighted by Gasteiger charge is -2.24. The molecule has 3 aromatic heterocycles. The molecule has 9 nitrogen and oxygen atoms in total. The Bertz CT molecular complexity index is 1320. The molecule has 0 spiro atoms. The van der Waals surface area contributed by atoms with E-state index in [-0.39, 0.29) is 0 Å². The second kappa shape index (κ2) is 10.9. The second-order valence-corrected chi connectivity index (χ2v) is 8.87. The molecule has 0 aliphatic rings. The summed E-state index contributed by atoms with van der Waals surface area (Å²) in [4.78, 5) is 14.6. The fourth-order valence-electron chi connectivity index (χ4n) is 3.85. The average Bonchev–Trinajstić information content (AvgIpc) is 3.48. The van der Waals surface area contributed by atoms with Gasteiger partial charge in [0, 0.05) is 34.6 Å². The second-order valence-electron chi connectivity index (χ2n) is 8.04. The molecule has 0 radical (unpaired) electrons. The number of benzene rings is 2. The minimum absolute atomic E-state index is 0.427. The number of rotatable bonds is 11. The summed E-state index contributed by atoms with van der Waals surface area (Å²) >= 11 is -1.63. The Morgan fingerprint density at radius 3 is 2.46 bits per heavy atom. The van der Waals surface area contributed by atoms with Crippen molar-refractivity contribution in [3.8, 4) is 0 Å². The monoisotopic (exact) mass is 486 g/mol. The van der Waals surface area contributed by atoms with Crippen LogP contribution in [0.4, 0.5) is 17.5 Å². The van der Waals surface area contributed by atoms with Crippen molar-refractivity contribution < 1.29 is 4.55 Å². The third-order valence-corrected chi connectivity index (χ3v) is 6.19. The lowest BCUT2D eigenvalue weighted by atomic mass is 10.2. The zero-order valence-electron chi connectivity index (χ0n) is 19.1. The lowest BCUT2D eigenvalue weighted by Crippen LogP contribution is -2.26. The normalized spacial score (nSPS) is 11.5. The molecular formula is C25H26N8OS. The Morgan fingerprint density at radius 2 is 1.66 bits per heavy atom. The molecule has 178 valence electrons. The third-order valence-electron chi connectivity index (χ3n) is 5.51. The van der Waals surface area contributed by atoms with Crippen LogP contribution in [0.25, 0.3) is 11.0 Å². The number of fused-ring (bicyclic) bond motifs is 1. The maximum Gasteiger partial charge on any atom is 0.233 e. The Hall–Kier alpha value is -4.02. The number of aromatic amines is 1. The van der Waals surface area contributed by atoms with Crippen LogP contribution in [0.3, 0.4) is 0 Å². The van der Waals surface area contributed by atoms with E-state index in [1.54, 1.807) is 0 Å². The number of aromatic nitrogens is 5. The highest BCUT2D eigenvalue weighted by atomic mass is 32.2. The van der Waals surface area contributed by atoms with Gasteiger partial charge in [-0.3, -0.25) is 0 Å². The molecule has 35 heavy (non-hydrogen) atoms. The summed E-state index contributed by atoms with van der Waals surface area (Å²) in [6, 6.07) is 24.1. The smallest absolute Gasteiger partial charge is 0.233 e. The van der Waals surface area contributed by atoms with Gasteiger partial charge in [-0.05, 0) is 36.2 Å². The van der Waals surface area contributed by atoms with Crippen LogP contribution in [0.1, 0.15) is 17.8 Å². The van der Waals surface area contributed by atoms with Crippen molar-refractivity contribution in [3.05, 3.63) is 90.4 Å². The fourth-order valence-corrected chi connectivity index (χ4v) is 4.50. The summed E-state index contributed by atoms with van der Waals surface area (Å²) < 4.78 is 20.2. The summed E-state index contributed by atoms with van der Waals surface area (Å²) in [5, 5.41) is 6.48. The fraction of sp³-hybridized carbons (Fsp3) is 0.200. The van der Waals surface area contributed by atoms with Gasteiger partial charge in [-0.1, -0.05) is 48.5 Å². The Morgan fingerprint density at radius 1 is 0.886 bits per heavy atom. The Balaban J connectivity index is 1.17.